The molecular weight excluding hydrogens is 454 g/mol. The van der Waals surface area contributed by atoms with E-state index in [9.17, 15) is 9.59 Å². The number of benzene rings is 1. The molecule has 1 aromatic carbocycles. The molecule has 0 aliphatic rings. The van der Waals surface area contributed by atoms with E-state index in [-0.39, 0.29) is 24.0 Å². The maximum atomic E-state index is 12.7. The van der Waals surface area contributed by atoms with Gasteiger partial charge in [-0.3, -0.25) is 14.6 Å². The Kier molecular flexibility index (Phi) is 7.38. The maximum Gasteiger partial charge on any atom is 0.263 e. The average molecular weight is 480 g/mol. The van der Waals surface area contributed by atoms with Gasteiger partial charge >= 0.3 is 0 Å². The second-order valence-corrected chi connectivity index (χ2v) is 8.30. The fourth-order valence-corrected chi connectivity index (χ4v) is 3.96. The number of rotatable bonds is 10. The molecule has 0 aliphatic heterocycles. The highest BCUT2D eigenvalue weighted by atomic mass is 32.1. The molecule has 10 heteroatoms. The van der Waals surface area contributed by atoms with Gasteiger partial charge in [-0.05, 0) is 49.1 Å². The quantitative estimate of drug-likeness (QED) is 0.355. The molecule has 0 unspecified atom stereocenters. The van der Waals surface area contributed by atoms with Crippen molar-refractivity contribution in [2.45, 2.75) is 26.7 Å². The first-order valence-electron chi connectivity index (χ1n) is 11.0. The number of aromatic nitrogens is 4. The summed E-state index contributed by atoms with van der Waals surface area (Å²) in [5.41, 5.74) is 1.03. The summed E-state index contributed by atoms with van der Waals surface area (Å²) in [7, 11) is 0. The minimum Gasteiger partial charge on any atom is -0.494 e. The molecule has 3 heterocycles. The molecule has 0 spiro atoms. The summed E-state index contributed by atoms with van der Waals surface area (Å²) in [6.07, 6.45) is 1.51. The number of anilines is 1. The molecule has 3 aromatic heterocycles. The summed E-state index contributed by atoms with van der Waals surface area (Å²) in [5, 5.41) is 9.35. The van der Waals surface area contributed by atoms with Gasteiger partial charge in [0.15, 0.2) is 6.61 Å². The number of ether oxygens (including phenoxy) is 2. The van der Waals surface area contributed by atoms with Gasteiger partial charge in [-0.2, -0.15) is 9.78 Å². The topological polar surface area (TPSA) is 111 Å². The zero-order valence-electron chi connectivity index (χ0n) is 18.9. The second-order valence-electron chi connectivity index (χ2n) is 7.36. The van der Waals surface area contributed by atoms with Crippen molar-refractivity contribution in [2.24, 2.45) is 0 Å². The Morgan fingerprint density at radius 3 is 2.56 bits per heavy atom. The van der Waals surface area contributed by atoms with Gasteiger partial charge in [0.05, 0.1) is 11.5 Å². The molecule has 34 heavy (non-hydrogen) atoms. The highest BCUT2D eigenvalue weighted by molar-refractivity contribution is 7.13. The number of nitrogens with zero attached hydrogens (tertiary/aromatic N) is 3. The van der Waals surface area contributed by atoms with Crippen molar-refractivity contribution < 1.29 is 14.3 Å². The van der Waals surface area contributed by atoms with Crippen LogP contribution in [0.5, 0.6) is 11.5 Å². The Morgan fingerprint density at radius 1 is 1.12 bits per heavy atom. The van der Waals surface area contributed by atoms with E-state index in [1.165, 1.54) is 22.1 Å². The predicted molar refractivity (Wildman–Crippen MR) is 131 cm³/mol. The number of carbonyl (C=O) groups excluding carboxylic acids is 1. The molecule has 0 atom stereocenters. The lowest BCUT2D eigenvalue weighted by Gasteiger charge is -2.10. The van der Waals surface area contributed by atoms with E-state index < -0.39 is 0 Å². The van der Waals surface area contributed by atoms with Crippen LogP contribution in [0.3, 0.4) is 0 Å². The van der Waals surface area contributed by atoms with E-state index in [0.717, 1.165) is 17.0 Å². The summed E-state index contributed by atoms with van der Waals surface area (Å²) in [4.78, 5) is 33.0. The number of aryl methyl sites for hydroxylation is 1. The van der Waals surface area contributed by atoms with Gasteiger partial charge < -0.3 is 14.8 Å². The van der Waals surface area contributed by atoms with Crippen LogP contribution < -0.4 is 20.3 Å². The highest BCUT2D eigenvalue weighted by Crippen LogP contribution is 2.27. The smallest absolute Gasteiger partial charge is 0.263 e. The standard InChI is InChI=1S/C24H25N5O4S/c1-3-6-16-13-22(30)27-24(25-16)29-21(14-19(28-29)20-7-5-12-34-20)26-23(31)15-33-18-10-8-17(9-11-18)32-4-2/h5,7-14H,3-4,6,15H2,1-2H3,(H,26,31)(H,25,27,30). The third-order valence-corrected chi connectivity index (χ3v) is 5.64. The van der Waals surface area contributed by atoms with Gasteiger partial charge in [0.1, 0.15) is 23.0 Å². The zero-order valence-corrected chi connectivity index (χ0v) is 19.7. The SMILES string of the molecule is CCCc1cc(=O)[nH]c(-n2nc(-c3cccs3)cc2NC(=O)COc2ccc(OCC)cc2)n1. The monoisotopic (exact) mass is 479 g/mol. The molecule has 4 aromatic rings. The summed E-state index contributed by atoms with van der Waals surface area (Å²) in [6.45, 7) is 4.30. The Balaban J connectivity index is 1.55. The van der Waals surface area contributed by atoms with Crippen molar-refractivity contribution in [2.75, 3.05) is 18.5 Å². The summed E-state index contributed by atoms with van der Waals surface area (Å²) < 4.78 is 12.4. The number of nitrogens with one attached hydrogen (secondary N) is 2. The molecule has 0 saturated carbocycles. The van der Waals surface area contributed by atoms with Crippen LogP contribution in [0.2, 0.25) is 0 Å². The molecule has 176 valence electrons. The number of hydrogen-bond donors (Lipinski definition) is 2. The lowest BCUT2D eigenvalue weighted by molar-refractivity contribution is -0.118. The van der Waals surface area contributed by atoms with Crippen LogP contribution in [-0.4, -0.2) is 38.9 Å². The van der Waals surface area contributed by atoms with Crippen LogP contribution in [0, 0.1) is 0 Å². The molecule has 0 bridgehead atoms. The van der Waals surface area contributed by atoms with Gasteiger partial charge in [0, 0.05) is 17.8 Å². The number of amides is 1. The van der Waals surface area contributed by atoms with E-state index in [2.05, 4.69) is 20.4 Å². The zero-order chi connectivity index (χ0) is 23.9. The molecule has 0 saturated heterocycles. The van der Waals surface area contributed by atoms with Crippen molar-refractivity contribution >= 4 is 23.1 Å². The molecule has 0 fully saturated rings. The first-order valence-corrected chi connectivity index (χ1v) is 11.8. The Morgan fingerprint density at radius 2 is 1.88 bits per heavy atom. The largest absolute Gasteiger partial charge is 0.494 e. The lowest BCUT2D eigenvalue weighted by atomic mass is 10.2. The number of aromatic amines is 1. The van der Waals surface area contributed by atoms with Crippen LogP contribution in [0.4, 0.5) is 5.82 Å². The minimum absolute atomic E-state index is 0.201. The third kappa shape index (κ3) is 5.70. The molecule has 0 aliphatic carbocycles. The molecule has 0 radical (unpaired) electrons. The minimum atomic E-state index is -0.375. The van der Waals surface area contributed by atoms with Gasteiger partial charge in [-0.25, -0.2) is 4.98 Å². The fourth-order valence-electron chi connectivity index (χ4n) is 3.28. The van der Waals surface area contributed by atoms with E-state index in [4.69, 9.17) is 9.47 Å². The number of hydrogen-bond acceptors (Lipinski definition) is 7. The van der Waals surface area contributed by atoms with Crippen molar-refractivity contribution in [1.29, 1.82) is 0 Å². The third-order valence-electron chi connectivity index (χ3n) is 4.74. The average Bonchev–Trinajstić information content (AvgIpc) is 3.49. The molecular formula is C24H25N5O4S. The van der Waals surface area contributed by atoms with Crippen molar-refractivity contribution in [3.63, 3.8) is 0 Å². The molecule has 2 N–H and O–H groups in total. The number of carbonyl (C=O) groups is 1. The van der Waals surface area contributed by atoms with Gasteiger partial charge in [0.2, 0.25) is 5.95 Å². The Hall–Kier alpha value is -3.92. The van der Waals surface area contributed by atoms with Crippen LogP contribution in [0.15, 0.2) is 58.7 Å². The van der Waals surface area contributed by atoms with Crippen LogP contribution in [0.1, 0.15) is 26.0 Å². The summed E-state index contributed by atoms with van der Waals surface area (Å²) in [5.74, 6) is 1.52. The lowest BCUT2D eigenvalue weighted by Crippen LogP contribution is -2.23. The van der Waals surface area contributed by atoms with Crippen LogP contribution in [0.25, 0.3) is 16.5 Å². The van der Waals surface area contributed by atoms with Crippen molar-refractivity contribution in [3.05, 3.63) is 70.0 Å². The predicted octanol–water partition coefficient (Wildman–Crippen LogP) is 4.05. The molecule has 4 rings (SSSR count). The van der Waals surface area contributed by atoms with Gasteiger partial charge in [-0.1, -0.05) is 19.4 Å². The van der Waals surface area contributed by atoms with E-state index in [0.29, 0.717) is 36.0 Å². The molecule has 9 nitrogen and oxygen atoms in total. The maximum absolute atomic E-state index is 12.7. The normalized spacial score (nSPS) is 10.8. The first kappa shape index (κ1) is 23.2. The van der Waals surface area contributed by atoms with Crippen LogP contribution in [-0.2, 0) is 11.2 Å². The first-order chi connectivity index (χ1) is 16.6. The molecule has 1 amide bonds. The number of thiophene rings is 1. The summed E-state index contributed by atoms with van der Waals surface area (Å²) >= 11 is 1.52. The second kappa shape index (κ2) is 10.8. The van der Waals surface area contributed by atoms with E-state index in [1.807, 2.05) is 31.4 Å². The fraction of sp³-hybridized carbons (Fsp3) is 0.250. The Labute approximate surface area is 200 Å². The van der Waals surface area contributed by atoms with E-state index in [1.54, 1.807) is 30.3 Å². The van der Waals surface area contributed by atoms with Gasteiger partial charge in [-0.15, -0.1) is 11.3 Å². The van der Waals surface area contributed by atoms with E-state index >= 15 is 0 Å². The van der Waals surface area contributed by atoms with Crippen LogP contribution >= 0.6 is 11.3 Å². The Bertz CT molecular complexity index is 1300. The number of H-pyrrole nitrogens is 1. The van der Waals surface area contributed by atoms with Crippen molar-refractivity contribution in [3.8, 4) is 28.0 Å². The van der Waals surface area contributed by atoms with Crippen molar-refractivity contribution in [1.82, 2.24) is 19.7 Å². The highest BCUT2D eigenvalue weighted by Gasteiger charge is 2.17. The van der Waals surface area contributed by atoms with Gasteiger partial charge in [0.25, 0.3) is 11.5 Å². The summed E-state index contributed by atoms with van der Waals surface area (Å²) in [6, 6.07) is 14.1.